The number of nitrogens with zero attached hydrogens (tertiary/aromatic N) is 1. The predicted octanol–water partition coefficient (Wildman–Crippen LogP) is 6.14. The minimum absolute atomic E-state index is 0. The van der Waals surface area contributed by atoms with E-state index < -0.39 is 0 Å². The Morgan fingerprint density at radius 2 is 1.54 bits per heavy atom. The quantitative estimate of drug-likeness (QED) is 0.178. The van der Waals surface area contributed by atoms with Crippen molar-refractivity contribution < 1.29 is 37.5 Å². The summed E-state index contributed by atoms with van der Waals surface area (Å²) < 4.78 is 0. The van der Waals surface area contributed by atoms with E-state index in [4.69, 9.17) is 0 Å². The molecule has 0 aromatic heterocycles. The van der Waals surface area contributed by atoms with Crippen LogP contribution in [0.25, 0.3) is 0 Å². The second-order valence-corrected chi connectivity index (χ2v) is 8.01. The largest absolute Gasteiger partial charge is 0.315 e. The molecule has 0 bridgehead atoms. The van der Waals surface area contributed by atoms with Crippen LogP contribution in [-0.4, -0.2) is 18.7 Å². The summed E-state index contributed by atoms with van der Waals surface area (Å²) in [7, 11) is 1.90. The van der Waals surface area contributed by atoms with Crippen molar-refractivity contribution in [1.82, 2.24) is 0 Å². The van der Waals surface area contributed by atoms with Crippen LogP contribution in [-0.2, 0) is 50.1 Å². The van der Waals surface area contributed by atoms with Gasteiger partial charge in [0, 0.05) is 45.4 Å². The average Bonchev–Trinajstić information content (AvgIpc) is 2.69. The minimum atomic E-state index is 0. The second kappa shape index (κ2) is 17.7. The number of amides is 1. The number of rotatable bonds is 14. The molecule has 2 nitrogen and oxygen atoms in total. The Hall–Kier alpha value is -0.116. The topological polar surface area (TPSA) is 20.3 Å². The summed E-state index contributed by atoms with van der Waals surface area (Å²) >= 11 is 3.54. The maximum Gasteiger partial charge on any atom is 0.233 e. The molecule has 1 aromatic carbocycles. The Morgan fingerprint density at radius 1 is 1.00 bits per heavy atom. The number of anilines is 1. The van der Waals surface area contributed by atoms with Gasteiger partial charge < -0.3 is 4.90 Å². The Morgan fingerprint density at radius 3 is 2.07 bits per heavy atom. The molecule has 1 unspecified atom stereocenters. The van der Waals surface area contributed by atoms with Crippen molar-refractivity contribution in [1.29, 1.82) is 0 Å². The van der Waals surface area contributed by atoms with E-state index >= 15 is 0 Å². The van der Waals surface area contributed by atoms with Crippen LogP contribution in [0.5, 0.6) is 0 Å². The zero-order valence-corrected chi connectivity index (χ0v) is 22.1. The number of carbonyl (C=O) groups excluding carboxylic acids is 1. The average molecular weight is 480 g/mol. The molecule has 0 heterocycles. The molecule has 4 heteroatoms. The Kier molecular flexibility index (Phi) is 17.6. The van der Waals surface area contributed by atoms with Crippen LogP contribution in [0.1, 0.15) is 78.1 Å². The molecule has 0 aliphatic rings. The Bertz CT molecular complexity index is 547. The monoisotopic (exact) mass is 479 g/mol. The number of unbranched alkanes of at least 4 members (excludes halogenated alkanes) is 7. The molecule has 1 atom stereocenters. The van der Waals surface area contributed by atoms with E-state index in [9.17, 15) is 4.79 Å². The standard InChI is InChI=1S/C24H39NOS.Y/c1-4-16-21(2)23(19-14-9-7-5-6-8-10-15-20-27)24(26)25(3)22-17-12-11-13-18-22;/h11-13,16-18,23,27H,4-10,14-15,19-20H2,1-3H3;/p+1. The maximum atomic E-state index is 13.1. The van der Waals surface area contributed by atoms with Gasteiger partial charge in [-0.1, -0.05) is 75.3 Å². The van der Waals surface area contributed by atoms with Gasteiger partial charge in [0.25, 0.3) is 0 Å². The zero-order chi connectivity index (χ0) is 19.9. The summed E-state index contributed by atoms with van der Waals surface area (Å²) in [5, 5.41) is 0. The zero-order valence-electron chi connectivity index (χ0n) is 18.3. The fourth-order valence-corrected chi connectivity index (χ4v) is 3.81. The molecule has 1 amide bonds. The summed E-state index contributed by atoms with van der Waals surface area (Å²) in [4.78, 5) is 14.9. The van der Waals surface area contributed by atoms with Gasteiger partial charge in [0.2, 0.25) is 5.91 Å². The smallest absolute Gasteiger partial charge is 0.233 e. The van der Waals surface area contributed by atoms with E-state index in [2.05, 4.69) is 32.6 Å². The van der Waals surface area contributed by atoms with Crippen molar-refractivity contribution >= 4 is 24.2 Å². The van der Waals surface area contributed by atoms with Gasteiger partial charge in [0.1, 0.15) is 5.75 Å². The Labute approximate surface area is 204 Å². The fraction of sp³-hybridized carbons (Fsp3) is 0.625. The number of hydrogen-bond donors (Lipinski definition) is 0. The van der Waals surface area contributed by atoms with Gasteiger partial charge in [0.15, 0.2) is 0 Å². The summed E-state index contributed by atoms with van der Waals surface area (Å²) in [5.41, 5.74) is 2.19. The number of para-hydroxylation sites is 1. The second-order valence-electron chi connectivity index (χ2n) is 7.51. The third-order valence-corrected chi connectivity index (χ3v) is 5.62. The van der Waals surface area contributed by atoms with Gasteiger partial charge in [-0.05, 0) is 57.4 Å². The molecule has 0 saturated carbocycles. The van der Waals surface area contributed by atoms with Gasteiger partial charge in [-0.3, -0.25) is 4.79 Å². The molecule has 155 valence electrons. The van der Waals surface area contributed by atoms with E-state index in [1.165, 1.54) is 50.5 Å². The third kappa shape index (κ3) is 11.2. The molecule has 0 fully saturated rings. The number of hydrogen-bond acceptors (Lipinski definition) is 1. The van der Waals surface area contributed by atoms with E-state index in [1.54, 1.807) is 0 Å². The maximum absolute atomic E-state index is 13.1. The summed E-state index contributed by atoms with van der Waals surface area (Å²) in [6.45, 7) is 4.26. The molecule has 28 heavy (non-hydrogen) atoms. The minimum Gasteiger partial charge on any atom is -0.315 e. The van der Waals surface area contributed by atoms with E-state index in [-0.39, 0.29) is 44.5 Å². The molecular weight excluding hydrogens is 439 g/mol. The summed E-state index contributed by atoms with van der Waals surface area (Å²) in [6, 6.07) is 9.97. The molecule has 0 N–H and O–H groups in total. The molecule has 1 radical (unpaired) electrons. The molecule has 1 aromatic rings. The van der Waals surface area contributed by atoms with Gasteiger partial charge >= 0.3 is 0 Å². The van der Waals surface area contributed by atoms with Gasteiger partial charge in [-0.15, -0.1) is 0 Å². The van der Waals surface area contributed by atoms with Crippen molar-refractivity contribution in [3.05, 3.63) is 42.0 Å². The van der Waals surface area contributed by atoms with Crippen LogP contribution in [0.3, 0.4) is 0 Å². The molecule has 1 rings (SSSR count). The number of carbonyl (C=O) groups is 1. The van der Waals surface area contributed by atoms with Crippen molar-refractivity contribution in [2.75, 3.05) is 17.7 Å². The first kappa shape index (κ1) is 27.9. The molecule has 0 aliphatic heterocycles. The Balaban J connectivity index is 0.00000729. The summed E-state index contributed by atoms with van der Waals surface area (Å²) in [6.07, 6.45) is 14.5. The van der Waals surface area contributed by atoms with E-state index in [1.807, 2.05) is 42.3 Å². The normalized spacial score (nSPS) is 12.4. The first-order chi connectivity index (χ1) is 13.1. The number of allylic oxidation sites excluding steroid dienone is 1. The third-order valence-electron chi connectivity index (χ3n) is 5.27. The summed E-state index contributed by atoms with van der Waals surface area (Å²) in [5.74, 6) is 1.35. The van der Waals surface area contributed by atoms with Crippen molar-refractivity contribution in [3.8, 4) is 0 Å². The van der Waals surface area contributed by atoms with E-state index in [0.29, 0.717) is 0 Å². The van der Waals surface area contributed by atoms with Gasteiger partial charge in [0.05, 0.1) is 5.92 Å². The van der Waals surface area contributed by atoms with Crippen LogP contribution in [0.15, 0.2) is 42.0 Å². The SMILES string of the molecule is CCC=C(C)C(CCCCCCCCCC[SH2+])C(=O)N(C)c1ccccc1.[Y]. The van der Waals surface area contributed by atoms with Crippen LogP contribution >= 0.6 is 0 Å². The fourth-order valence-electron chi connectivity index (χ4n) is 3.56. The van der Waals surface area contributed by atoms with Crippen LogP contribution in [0, 0.1) is 5.92 Å². The predicted molar refractivity (Wildman–Crippen MR) is 124 cm³/mol. The van der Waals surface area contributed by atoms with Crippen LogP contribution < -0.4 is 4.90 Å². The van der Waals surface area contributed by atoms with Gasteiger partial charge in [-0.25, -0.2) is 0 Å². The van der Waals surface area contributed by atoms with Crippen LogP contribution in [0.4, 0.5) is 5.69 Å². The molecular formula is C24H40NOSY+. The van der Waals surface area contributed by atoms with E-state index in [0.717, 1.165) is 30.7 Å². The van der Waals surface area contributed by atoms with Crippen LogP contribution in [0.2, 0.25) is 0 Å². The van der Waals surface area contributed by atoms with Crippen molar-refractivity contribution in [3.63, 3.8) is 0 Å². The van der Waals surface area contributed by atoms with Gasteiger partial charge in [-0.2, -0.15) is 0 Å². The first-order valence-corrected chi connectivity index (χ1v) is 11.5. The molecule has 0 spiro atoms. The molecule has 0 aliphatic carbocycles. The number of benzene rings is 1. The first-order valence-electron chi connectivity index (χ1n) is 10.8. The van der Waals surface area contributed by atoms with Crippen molar-refractivity contribution in [2.45, 2.75) is 78.1 Å². The molecule has 0 saturated heterocycles. The van der Waals surface area contributed by atoms with Crippen molar-refractivity contribution in [2.24, 2.45) is 5.92 Å².